The van der Waals surface area contributed by atoms with Gasteiger partial charge in [-0.25, -0.2) is 0 Å². The van der Waals surface area contributed by atoms with Gasteiger partial charge in [0.25, 0.3) is 0 Å². The number of hydrogen-bond acceptors (Lipinski definition) is 3. The van der Waals surface area contributed by atoms with E-state index in [0.29, 0.717) is 5.56 Å². The van der Waals surface area contributed by atoms with Crippen molar-refractivity contribution in [2.75, 3.05) is 13.7 Å². The summed E-state index contributed by atoms with van der Waals surface area (Å²) in [5, 5.41) is 0. The van der Waals surface area contributed by atoms with Gasteiger partial charge in [-0.05, 0) is 13.0 Å². The molecule has 1 atom stereocenters. The lowest BCUT2D eigenvalue weighted by Gasteiger charge is -2.26. The lowest BCUT2D eigenvalue weighted by atomic mass is 9.97. The smallest absolute Gasteiger partial charge is 0.372 e. The van der Waals surface area contributed by atoms with Gasteiger partial charge in [-0.2, -0.15) is 13.2 Å². The second-order valence-corrected chi connectivity index (χ2v) is 3.57. The molecule has 0 aliphatic rings. The Morgan fingerprint density at radius 2 is 2.00 bits per heavy atom. The largest absolute Gasteiger partial charge is 0.433 e. The normalized spacial score (nSPS) is 15.9. The summed E-state index contributed by atoms with van der Waals surface area (Å²) in [6.45, 7) is 1.85. The van der Waals surface area contributed by atoms with Crippen LogP contribution in [0.5, 0.6) is 0 Å². The first-order valence-corrected chi connectivity index (χ1v) is 4.62. The molecule has 16 heavy (non-hydrogen) atoms. The molecule has 0 fully saturated rings. The Labute approximate surface area is 91.4 Å². The SMILES string of the molecule is COC(C)(CN)c1ccc(C(F)(F)F)nc1. The molecule has 1 unspecified atom stereocenters. The Morgan fingerprint density at radius 1 is 1.38 bits per heavy atom. The van der Waals surface area contributed by atoms with Crippen LogP contribution < -0.4 is 5.73 Å². The number of methoxy groups -OCH3 is 1. The van der Waals surface area contributed by atoms with E-state index in [4.69, 9.17) is 10.5 Å². The minimum atomic E-state index is -4.43. The molecule has 2 N–H and O–H groups in total. The molecule has 90 valence electrons. The molecule has 0 radical (unpaired) electrons. The van der Waals surface area contributed by atoms with E-state index in [1.807, 2.05) is 0 Å². The summed E-state index contributed by atoms with van der Waals surface area (Å²) in [5.41, 5.74) is 4.28. The first-order valence-electron chi connectivity index (χ1n) is 4.62. The maximum absolute atomic E-state index is 12.3. The van der Waals surface area contributed by atoms with Gasteiger partial charge in [-0.3, -0.25) is 4.98 Å². The highest BCUT2D eigenvalue weighted by atomic mass is 19.4. The van der Waals surface area contributed by atoms with Crippen molar-refractivity contribution in [3.63, 3.8) is 0 Å². The van der Waals surface area contributed by atoms with Crippen LogP contribution in [0.2, 0.25) is 0 Å². The maximum atomic E-state index is 12.3. The molecule has 0 aromatic carbocycles. The van der Waals surface area contributed by atoms with Crippen molar-refractivity contribution in [2.24, 2.45) is 5.73 Å². The lowest BCUT2D eigenvalue weighted by molar-refractivity contribution is -0.141. The van der Waals surface area contributed by atoms with E-state index >= 15 is 0 Å². The highest BCUT2D eigenvalue weighted by Crippen LogP contribution is 2.29. The molecule has 0 aliphatic heterocycles. The molecule has 0 aliphatic carbocycles. The summed E-state index contributed by atoms with van der Waals surface area (Å²) in [7, 11) is 1.45. The molecule has 3 nitrogen and oxygen atoms in total. The monoisotopic (exact) mass is 234 g/mol. The molecule has 1 aromatic heterocycles. The molecule has 0 saturated heterocycles. The molecule has 0 saturated carbocycles. The van der Waals surface area contributed by atoms with Gasteiger partial charge >= 0.3 is 6.18 Å². The van der Waals surface area contributed by atoms with Crippen LogP contribution in [0.15, 0.2) is 18.3 Å². The fourth-order valence-electron chi connectivity index (χ4n) is 1.19. The van der Waals surface area contributed by atoms with Crippen molar-refractivity contribution < 1.29 is 17.9 Å². The van der Waals surface area contributed by atoms with Gasteiger partial charge in [0.05, 0.1) is 0 Å². The minimum absolute atomic E-state index is 0.163. The van der Waals surface area contributed by atoms with Crippen molar-refractivity contribution in [3.8, 4) is 0 Å². The number of aromatic nitrogens is 1. The fraction of sp³-hybridized carbons (Fsp3) is 0.500. The Balaban J connectivity index is 3.04. The highest BCUT2D eigenvalue weighted by molar-refractivity contribution is 5.22. The molecule has 1 heterocycles. The molecular weight excluding hydrogens is 221 g/mol. The third-order valence-corrected chi connectivity index (χ3v) is 2.50. The van der Waals surface area contributed by atoms with Crippen LogP contribution >= 0.6 is 0 Å². The Kier molecular flexibility index (Phi) is 3.54. The van der Waals surface area contributed by atoms with Crippen LogP contribution in [-0.4, -0.2) is 18.6 Å². The van der Waals surface area contributed by atoms with E-state index in [-0.39, 0.29) is 6.54 Å². The van der Waals surface area contributed by atoms with Gasteiger partial charge in [0.15, 0.2) is 0 Å². The van der Waals surface area contributed by atoms with Crippen LogP contribution in [0, 0.1) is 0 Å². The van der Waals surface area contributed by atoms with E-state index in [1.165, 1.54) is 13.2 Å². The number of nitrogens with zero attached hydrogens (tertiary/aromatic N) is 1. The molecule has 0 spiro atoms. The summed E-state index contributed by atoms with van der Waals surface area (Å²) in [6.07, 6.45) is -3.29. The minimum Gasteiger partial charge on any atom is -0.372 e. The molecule has 1 rings (SSSR count). The van der Waals surface area contributed by atoms with Crippen LogP contribution in [0.1, 0.15) is 18.2 Å². The van der Waals surface area contributed by atoms with Gasteiger partial charge in [-0.1, -0.05) is 6.07 Å². The zero-order chi connectivity index (χ0) is 12.4. The molecule has 6 heteroatoms. The van der Waals surface area contributed by atoms with E-state index < -0.39 is 17.5 Å². The van der Waals surface area contributed by atoms with E-state index in [2.05, 4.69) is 4.98 Å². The summed E-state index contributed by atoms with van der Waals surface area (Å²) in [6, 6.07) is 2.24. The van der Waals surface area contributed by atoms with Crippen molar-refractivity contribution in [1.29, 1.82) is 0 Å². The van der Waals surface area contributed by atoms with Crippen molar-refractivity contribution in [2.45, 2.75) is 18.7 Å². The predicted molar refractivity (Wildman–Crippen MR) is 52.7 cm³/mol. The first kappa shape index (κ1) is 12.9. The zero-order valence-electron chi connectivity index (χ0n) is 9.01. The van der Waals surface area contributed by atoms with Gasteiger partial charge in [0.2, 0.25) is 0 Å². The van der Waals surface area contributed by atoms with Gasteiger partial charge in [0, 0.05) is 25.4 Å². The van der Waals surface area contributed by atoms with Gasteiger partial charge in [0.1, 0.15) is 11.3 Å². The number of alkyl halides is 3. The number of ether oxygens (including phenoxy) is 1. The molecule has 1 aromatic rings. The van der Waals surface area contributed by atoms with Crippen molar-refractivity contribution >= 4 is 0 Å². The maximum Gasteiger partial charge on any atom is 0.433 e. The van der Waals surface area contributed by atoms with Gasteiger partial charge in [-0.15, -0.1) is 0 Å². The van der Waals surface area contributed by atoms with Crippen molar-refractivity contribution in [1.82, 2.24) is 4.98 Å². The van der Waals surface area contributed by atoms with Gasteiger partial charge < -0.3 is 10.5 Å². The van der Waals surface area contributed by atoms with Crippen LogP contribution in [0.3, 0.4) is 0 Å². The topological polar surface area (TPSA) is 48.1 Å². The average molecular weight is 234 g/mol. The van der Waals surface area contributed by atoms with E-state index in [1.54, 1.807) is 6.92 Å². The fourth-order valence-corrected chi connectivity index (χ4v) is 1.19. The second-order valence-electron chi connectivity index (χ2n) is 3.57. The first-order chi connectivity index (χ1) is 7.33. The lowest BCUT2D eigenvalue weighted by Crippen LogP contribution is -2.33. The number of hydrogen-bond donors (Lipinski definition) is 1. The van der Waals surface area contributed by atoms with Crippen LogP contribution in [0.25, 0.3) is 0 Å². The molecule has 0 bridgehead atoms. The summed E-state index contributed by atoms with van der Waals surface area (Å²) in [5.74, 6) is 0. The van der Waals surface area contributed by atoms with Crippen molar-refractivity contribution in [3.05, 3.63) is 29.6 Å². The third-order valence-electron chi connectivity index (χ3n) is 2.50. The standard InChI is InChI=1S/C10H13F3N2O/c1-9(6-14,16-2)7-3-4-8(15-5-7)10(11,12)13/h3-5H,6,14H2,1-2H3. The average Bonchev–Trinajstić information content (AvgIpc) is 2.27. The number of pyridine rings is 1. The molecular formula is C10H13F3N2O. The number of rotatable bonds is 3. The number of halogens is 3. The summed E-state index contributed by atoms with van der Waals surface area (Å²) in [4.78, 5) is 3.35. The summed E-state index contributed by atoms with van der Waals surface area (Å²) >= 11 is 0. The van der Waals surface area contributed by atoms with E-state index in [9.17, 15) is 13.2 Å². The molecule has 0 amide bonds. The van der Waals surface area contributed by atoms with Crippen LogP contribution in [-0.2, 0) is 16.5 Å². The Morgan fingerprint density at radius 3 is 2.31 bits per heavy atom. The third kappa shape index (κ3) is 2.51. The predicted octanol–water partition coefficient (Wildman–Crippen LogP) is 1.92. The highest BCUT2D eigenvalue weighted by Gasteiger charge is 2.33. The number of nitrogens with two attached hydrogens (primary N) is 1. The van der Waals surface area contributed by atoms with E-state index in [0.717, 1.165) is 12.3 Å². The van der Waals surface area contributed by atoms with Crippen LogP contribution in [0.4, 0.5) is 13.2 Å². The summed E-state index contributed by atoms with van der Waals surface area (Å²) < 4.78 is 41.9. The quantitative estimate of drug-likeness (QED) is 0.869. The zero-order valence-corrected chi connectivity index (χ0v) is 9.01. The Bertz CT molecular complexity index is 344. The Hall–Kier alpha value is -1.14. The second kappa shape index (κ2) is 4.39.